The van der Waals surface area contributed by atoms with Gasteiger partial charge in [-0.3, -0.25) is 4.79 Å². The largest absolute Gasteiger partial charge is 0.481 e. The van der Waals surface area contributed by atoms with E-state index in [9.17, 15) is 4.79 Å². The van der Waals surface area contributed by atoms with Gasteiger partial charge in [0.1, 0.15) is 0 Å². The SMILES string of the molecule is O=C(O)[C@H]1C[C@@]12C[C@H]2CO. The van der Waals surface area contributed by atoms with Crippen LogP contribution in [0.1, 0.15) is 12.8 Å². The molecule has 0 heterocycles. The molecule has 2 rings (SSSR count). The molecule has 2 aliphatic carbocycles. The van der Waals surface area contributed by atoms with Gasteiger partial charge in [0.25, 0.3) is 0 Å². The Hall–Kier alpha value is -0.570. The van der Waals surface area contributed by atoms with Crippen LogP contribution in [0.5, 0.6) is 0 Å². The van der Waals surface area contributed by atoms with Crippen LogP contribution in [0.3, 0.4) is 0 Å². The zero-order chi connectivity index (χ0) is 7.35. The third-order valence-corrected chi connectivity index (χ3v) is 2.92. The highest BCUT2D eigenvalue weighted by atomic mass is 16.4. The lowest BCUT2D eigenvalue weighted by atomic mass is 10.2. The third-order valence-electron chi connectivity index (χ3n) is 2.92. The van der Waals surface area contributed by atoms with Crippen molar-refractivity contribution in [1.29, 1.82) is 0 Å². The molecule has 10 heavy (non-hydrogen) atoms. The Kier molecular flexibility index (Phi) is 0.944. The van der Waals surface area contributed by atoms with Gasteiger partial charge in [-0.25, -0.2) is 0 Å². The first-order valence-corrected chi connectivity index (χ1v) is 3.54. The smallest absolute Gasteiger partial charge is 0.307 e. The Bertz CT molecular complexity index is 189. The van der Waals surface area contributed by atoms with Gasteiger partial charge in [0.05, 0.1) is 5.92 Å². The molecule has 0 aliphatic heterocycles. The molecule has 0 aromatic carbocycles. The lowest BCUT2D eigenvalue weighted by molar-refractivity contribution is -0.139. The molecule has 1 spiro atoms. The van der Waals surface area contributed by atoms with Crippen molar-refractivity contribution in [2.45, 2.75) is 12.8 Å². The first kappa shape index (κ1) is 6.16. The van der Waals surface area contributed by atoms with E-state index in [0.717, 1.165) is 12.8 Å². The second-order valence-corrected chi connectivity index (χ2v) is 3.41. The summed E-state index contributed by atoms with van der Waals surface area (Å²) in [6.45, 7) is 0.170. The van der Waals surface area contributed by atoms with E-state index in [1.165, 1.54) is 0 Å². The minimum Gasteiger partial charge on any atom is -0.481 e. The van der Waals surface area contributed by atoms with E-state index in [1.54, 1.807) is 0 Å². The molecular formula is C7H10O3. The predicted molar refractivity (Wildman–Crippen MR) is 33.4 cm³/mol. The van der Waals surface area contributed by atoms with Crippen molar-refractivity contribution >= 4 is 5.97 Å². The number of hydrogen-bond donors (Lipinski definition) is 2. The van der Waals surface area contributed by atoms with E-state index in [4.69, 9.17) is 10.2 Å². The lowest BCUT2D eigenvalue weighted by Crippen LogP contribution is -2.01. The summed E-state index contributed by atoms with van der Waals surface area (Å²) in [5.74, 6) is -0.519. The number of carbonyl (C=O) groups is 1. The van der Waals surface area contributed by atoms with E-state index >= 15 is 0 Å². The molecular weight excluding hydrogens is 132 g/mol. The maximum atomic E-state index is 10.4. The average Bonchev–Trinajstić information content (AvgIpc) is 2.73. The van der Waals surface area contributed by atoms with Crippen LogP contribution in [0.2, 0.25) is 0 Å². The van der Waals surface area contributed by atoms with Gasteiger partial charge in [0.15, 0.2) is 0 Å². The number of carboxylic acid groups (broad SMARTS) is 1. The summed E-state index contributed by atoms with van der Waals surface area (Å²) in [5, 5.41) is 17.2. The molecule has 56 valence electrons. The van der Waals surface area contributed by atoms with Crippen molar-refractivity contribution in [1.82, 2.24) is 0 Å². The van der Waals surface area contributed by atoms with Crippen molar-refractivity contribution in [3.63, 3.8) is 0 Å². The fourth-order valence-electron chi connectivity index (χ4n) is 1.98. The van der Waals surface area contributed by atoms with Gasteiger partial charge >= 0.3 is 5.97 Å². The van der Waals surface area contributed by atoms with E-state index < -0.39 is 5.97 Å². The van der Waals surface area contributed by atoms with Gasteiger partial charge in [-0.15, -0.1) is 0 Å². The monoisotopic (exact) mass is 142 g/mol. The molecule has 3 heteroatoms. The molecule has 2 saturated carbocycles. The molecule has 0 amide bonds. The van der Waals surface area contributed by atoms with Crippen LogP contribution in [0.25, 0.3) is 0 Å². The van der Waals surface area contributed by atoms with E-state index in [2.05, 4.69) is 0 Å². The second kappa shape index (κ2) is 1.53. The Morgan fingerprint density at radius 1 is 1.60 bits per heavy atom. The number of aliphatic hydroxyl groups excluding tert-OH is 1. The van der Waals surface area contributed by atoms with Crippen molar-refractivity contribution in [3.8, 4) is 0 Å². The molecule has 0 radical (unpaired) electrons. The van der Waals surface area contributed by atoms with Crippen LogP contribution in [0.15, 0.2) is 0 Å². The average molecular weight is 142 g/mol. The Morgan fingerprint density at radius 2 is 2.30 bits per heavy atom. The van der Waals surface area contributed by atoms with Crippen molar-refractivity contribution in [2.24, 2.45) is 17.3 Å². The number of rotatable bonds is 2. The number of carboxylic acids is 1. The Labute approximate surface area is 58.7 Å². The predicted octanol–water partition coefficient (Wildman–Crippen LogP) is 0.0895. The number of aliphatic hydroxyl groups is 1. The summed E-state index contributed by atoms with van der Waals surface area (Å²) < 4.78 is 0. The topological polar surface area (TPSA) is 57.5 Å². The quantitative estimate of drug-likeness (QED) is 0.574. The fourth-order valence-corrected chi connectivity index (χ4v) is 1.98. The molecule has 0 unspecified atom stereocenters. The third kappa shape index (κ3) is 0.560. The first-order valence-electron chi connectivity index (χ1n) is 3.54. The molecule has 0 aromatic heterocycles. The zero-order valence-corrected chi connectivity index (χ0v) is 5.58. The number of hydrogen-bond acceptors (Lipinski definition) is 2. The fraction of sp³-hybridized carbons (Fsp3) is 0.857. The van der Waals surface area contributed by atoms with Gasteiger partial charge in [0.2, 0.25) is 0 Å². The Morgan fingerprint density at radius 3 is 2.60 bits per heavy atom. The van der Waals surface area contributed by atoms with E-state index in [1.807, 2.05) is 0 Å². The van der Waals surface area contributed by atoms with E-state index in [0.29, 0.717) is 5.92 Å². The molecule has 2 aliphatic rings. The number of aliphatic carboxylic acids is 1. The summed E-state index contributed by atoms with van der Waals surface area (Å²) in [5.41, 5.74) is 0.0561. The minimum absolute atomic E-state index is 0.0561. The van der Waals surface area contributed by atoms with Crippen molar-refractivity contribution < 1.29 is 15.0 Å². The molecule has 0 saturated heterocycles. The molecule has 0 bridgehead atoms. The maximum Gasteiger partial charge on any atom is 0.307 e. The highest BCUT2D eigenvalue weighted by Gasteiger charge is 2.72. The summed E-state index contributed by atoms with van der Waals surface area (Å²) in [6.07, 6.45) is 1.73. The van der Waals surface area contributed by atoms with E-state index in [-0.39, 0.29) is 17.9 Å². The first-order chi connectivity index (χ1) is 4.70. The van der Waals surface area contributed by atoms with Crippen LogP contribution in [0.4, 0.5) is 0 Å². The molecule has 2 N–H and O–H groups in total. The van der Waals surface area contributed by atoms with Crippen LogP contribution < -0.4 is 0 Å². The summed E-state index contributed by atoms with van der Waals surface area (Å²) in [4.78, 5) is 10.4. The molecule has 0 aromatic rings. The summed E-state index contributed by atoms with van der Waals surface area (Å²) >= 11 is 0. The standard InChI is InChI=1S/C7H10O3/c8-3-4-1-7(4)2-5(7)6(9)10/h4-5,8H,1-3H2,(H,9,10)/t4-,5+,7+/m0/s1. The second-order valence-electron chi connectivity index (χ2n) is 3.41. The normalized spacial score (nSPS) is 49.3. The van der Waals surface area contributed by atoms with Gasteiger partial charge < -0.3 is 10.2 Å². The van der Waals surface area contributed by atoms with Gasteiger partial charge in [-0.1, -0.05) is 0 Å². The van der Waals surface area contributed by atoms with Crippen LogP contribution in [-0.4, -0.2) is 22.8 Å². The molecule has 2 fully saturated rings. The molecule has 3 atom stereocenters. The highest BCUT2D eigenvalue weighted by molar-refractivity contribution is 5.76. The van der Waals surface area contributed by atoms with Gasteiger partial charge in [-0.2, -0.15) is 0 Å². The highest BCUT2D eigenvalue weighted by Crippen LogP contribution is 2.74. The molecule has 3 nitrogen and oxygen atoms in total. The Balaban J connectivity index is 1.97. The minimum atomic E-state index is -0.684. The van der Waals surface area contributed by atoms with Gasteiger partial charge in [0, 0.05) is 6.61 Å². The van der Waals surface area contributed by atoms with Gasteiger partial charge in [-0.05, 0) is 24.2 Å². The maximum absolute atomic E-state index is 10.4. The summed E-state index contributed by atoms with van der Waals surface area (Å²) in [7, 11) is 0. The van der Waals surface area contributed by atoms with Crippen LogP contribution in [-0.2, 0) is 4.79 Å². The van der Waals surface area contributed by atoms with Crippen molar-refractivity contribution in [3.05, 3.63) is 0 Å². The van der Waals surface area contributed by atoms with Crippen LogP contribution >= 0.6 is 0 Å². The van der Waals surface area contributed by atoms with Crippen LogP contribution in [0, 0.1) is 17.3 Å². The lowest BCUT2D eigenvalue weighted by Gasteiger charge is -1.88. The zero-order valence-electron chi connectivity index (χ0n) is 5.58. The summed E-state index contributed by atoms with van der Waals surface area (Å²) in [6, 6.07) is 0. The van der Waals surface area contributed by atoms with Crippen molar-refractivity contribution in [2.75, 3.05) is 6.61 Å².